The zero-order valence-electron chi connectivity index (χ0n) is 12.3. The van der Waals surface area contributed by atoms with Crippen LogP contribution >= 0.6 is 0 Å². The summed E-state index contributed by atoms with van der Waals surface area (Å²) in [7, 11) is 1.61. The van der Waals surface area contributed by atoms with Gasteiger partial charge >= 0.3 is 5.97 Å². The maximum absolute atomic E-state index is 11.8. The number of nitrogens with one attached hydrogen (secondary N) is 1. The van der Waals surface area contributed by atoms with Crippen LogP contribution in [-0.2, 0) is 14.3 Å². The first-order valence-corrected chi connectivity index (χ1v) is 6.74. The minimum absolute atomic E-state index is 0.146. The molecule has 0 bridgehead atoms. The van der Waals surface area contributed by atoms with E-state index in [0.717, 1.165) is 0 Å². The first-order chi connectivity index (χ1) is 10.0. The van der Waals surface area contributed by atoms with E-state index >= 15 is 0 Å². The number of hydrogen-bond donors (Lipinski definition) is 1. The molecular weight excluding hydrogens is 276 g/mol. The van der Waals surface area contributed by atoms with E-state index in [1.165, 1.54) is 17.4 Å². The highest BCUT2D eigenvalue weighted by Crippen LogP contribution is 1.99. The molecule has 21 heavy (non-hydrogen) atoms. The topological polar surface area (TPSA) is 88.9 Å². The number of hydrogen-bond acceptors (Lipinski definition) is 5. The van der Waals surface area contributed by atoms with Gasteiger partial charge in [-0.3, -0.25) is 14.4 Å². The monoisotopic (exact) mass is 296 g/mol. The van der Waals surface area contributed by atoms with Gasteiger partial charge in [0, 0.05) is 26.6 Å². The predicted octanol–water partition coefficient (Wildman–Crippen LogP) is 0.811. The smallest absolute Gasteiger partial charge is 0.307 e. The number of furan rings is 1. The van der Waals surface area contributed by atoms with Crippen LogP contribution in [0.15, 0.2) is 23.0 Å². The molecule has 116 valence electrons. The van der Waals surface area contributed by atoms with Crippen LogP contribution in [0.1, 0.15) is 30.1 Å². The van der Waals surface area contributed by atoms with Crippen LogP contribution in [0, 0.1) is 0 Å². The molecule has 0 unspecified atom stereocenters. The number of carbonyl (C=O) groups excluding carboxylic acids is 3. The Labute approximate surface area is 123 Å². The Morgan fingerprint density at radius 1 is 1.33 bits per heavy atom. The second kappa shape index (κ2) is 8.78. The van der Waals surface area contributed by atoms with Gasteiger partial charge in [0.25, 0.3) is 5.91 Å². The lowest BCUT2D eigenvalue weighted by atomic mass is 10.3. The molecule has 0 aromatic carbocycles. The third-order valence-corrected chi connectivity index (χ3v) is 2.79. The number of amides is 2. The predicted molar refractivity (Wildman–Crippen MR) is 74.5 cm³/mol. The molecule has 1 heterocycles. The average molecular weight is 296 g/mol. The van der Waals surface area contributed by atoms with Crippen molar-refractivity contribution in [1.82, 2.24) is 10.2 Å². The van der Waals surface area contributed by atoms with Gasteiger partial charge in [0.05, 0.1) is 24.9 Å². The van der Waals surface area contributed by atoms with E-state index in [0.29, 0.717) is 18.7 Å². The van der Waals surface area contributed by atoms with Crippen LogP contribution < -0.4 is 5.32 Å². The molecular formula is C14H20N2O5. The Morgan fingerprint density at radius 3 is 2.71 bits per heavy atom. The highest BCUT2D eigenvalue weighted by Gasteiger charge is 2.12. The van der Waals surface area contributed by atoms with Crippen LogP contribution in [0.25, 0.3) is 0 Å². The molecule has 0 atom stereocenters. The lowest BCUT2D eigenvalue weighted by Crippen LogP contribution is -2.33. The summed E-state index contributed by atoms with van der Waals surface area (Å²) in [5.41, 5.74) is 0.415. The lowest BCUT2D eigenvalue weighted by molar-refractivity contribution is -0.143. The fourth-order valence-electron chi connectivity index (χ4n) is 1.59. The third-order valence-electron chi connectivity index (χ3n) is 2.79. The summed E-state index contributed by atoms with van der Waals surface area (Å²) in [5.74, 6) is -0.761. The summed E-state index contributed by atoms with van der Waals surface area (Å²) < 4.78 is 9.58. The number of rotatable bonds is 8. The van der Waals surface area contributed by atoms with Gasteiger partial charge in [0.15, 0.2) is 0 Å². The van der Waals surface area contributed by atoms with Gasteiger partial charge in [0.1, 0.15) is 6.26 Å². The van der Waals surface area contributed by atoms with Gasteiger partial charge in [0.2, 0.25) is 5.91 Å². The van der Waals surface area contributed by atoms with Crippen molar-refractivity contribution >= 4 is 17.8 Å². The Balaban J connectivity index is 2.20. The summed E-state index contributed by atoms with van der Waals surface area (Å²) >= 11 is 0. The molecule has 0 radical (unpaired) electrons. The largest absolute Gasteiger partial charge is 0.472 e. The van der Waals surface area contributed by atoms with Crippen LogP contribution in [0.5, 0.6) is 0 Å². The first kappa shape index (κ1) is 16.7. The van der Waals surface area contributed by atoms with E-state index in [1.54, 1.807) is 20.0 Å². The SMILES string of the molecule is CCOC(=O)CCN(C)C(=O)CCNC(=O)c1ccoc1. The van der Waals surface area contributed by atoms with Gasteiger partial charge in [-0.05, 0) is 13.0 Å². The van der Waals surface area contributed by atoms with Crippen LogP contribution in [0.3, 0.4) is 0 Å². The molecule has 1 rings (SSSR count). The Morgan fingerprint density at radius 2 is 2.10 bits per heavy atom. The zero-order chi connectivity index (χ0) is 15.7. The number of carbonyl (C=O) groups is 3. The highest BCUT2D eigenvalue weighted by molar-refractivity contribution is 5.94. The zero-order valence-corrected chi connectivity index (χ0v) is 12.3. The molecule has 7 heteroatoms. The van der Waals surface area contributed by atoms with Crippen molar-refractivity contribution in [3.05, 3.63) is 24.2 Å². The summed E-state index contributed by atoms with van der Waals surface area (Å²) in [6, 6.07) is 1.54. The molecule has 0 aliphatic heterocycles. The Bertz CT molecular complexity index is 470. The lowest BCUT2D eigenvalue weighted by Gasteiger charge is -2.16. The number of nitrogens with zero attached hydrogens (tertiary/aromatic N) is 1. The van der Waals surface area contributed by atoms with Gasteiger partial charge in [-0.25, -0.2) is 0 Å². The van der Waals surface area contributed by atoms with Crippen molar-refractivity contribution < 1.29 is 23.5 Å². The molecule has 0 aliphatic carbocycles. The molecule has 1 N–H and O–H groups in total. The molecule has 0 aliphatic rings. The second-order valence-corrected chi connectivity index (χ2v) is 4.39. The van der Waals surface area contributed by atoms with E-state index in [4.69, 9.17) is 9.15 Å². The Kier molecular flexibility index (Phi) is 7.00. The molecule has 7 nitrogen and oxygen atoms in total. The maximum atomic E-state index is 11.8. The van der Waals surface area contributed by atoms with E-state index in [9.17, 15) is 14.4 Å². The minimum Gasteiger partial charge on any atom is -0.472 e. The quantitative estimate of drug-likeness (QED) is 0.717. The molecule has 1 aromatic rings. The van der Waals surface area contributed by atoms with E-state index in [1.807, 2.05) is 0 Å². The van der Waals surface area contributed by atoms with Gasteiger partial charge < -0.3 is 19.4 Å². The normalized spacial score (nSPS) is 10.0. The Hall–Kier alpha value is -2.31. The van der Waals surface area contributed by atoms with Crippen LogP contribution in [0.2, 0.25) is 0 Å². The molecule has 1 aromatic heterocycles. The summed E-state index contributed by atoms with van der Waals surface area (Å²) in [6.45, 7) is 2.59. The van der Waals surface area contributed by atoms with Gasteiger partial charge in [-0.2, -0.15) is 0 Å². The van der Waals surface area contributed by atoms with Gasteiger partial charge in [-0.15, -0.1) is 0 Å². The van der Waals surface area contributed by atoms with Crippen molar-refractivity contribution in [3.8, 4) is 0 Å². The van der Waals surface area contributed by atoms with Crippen molar-refractivity contribution in [3.63, 3.8) is 0 Å². The fourth-order valence-corrected chi connectivity index (χ4v) is 1.59. The molecule has 0 saturated heterocycles. The molecule has 0 spiro atoms. The van der Waals surface area contributed by atoms with Gasteiger partial charge in [-0.1, -0.05) is 0 Å². The third kappa shape index (κ3) is 6.11. The van der Waals surface area contributed by atoms with Crippen LogP contribution in [-0.4, -0.2) is 49.4 Å². The second-order valence-electron chi connectivity index (χ2n) is 4.39. The summed E-state index contributed by atoms with van der Waals surface area (Å²) in [6.07, 6.45) is 3.08. The summed E-state index contributed by atoms with van der Waals surface area (Å²) in [5, 5.41) is 2.62. The van der Waals surface area contributed by atoms with Crippen LogP contribution in [0.4, 0.5) is 0 Å². The number of ether oxygens (including phenoxy) is 1. The highest BCUT2D eigenvalue weighted by atomic mass is 16.5. The van der Waals surface area contributed by atoms with Crippen molar-refractivity contribution in [2.45, 2.75) is 19.8 Å². The van der Waals surface area contributed by atoms with Crippen molar-refractivity contribution in [2.24, 2.45) is 0 Å². The summed E-state index contributed by atoms with van der Waals surface area (Å²) in [4.78, 5) is 36.0. The fraction of sp³-hybridized carbons (Fsp3) is 0.500. The molecule has 0 saturated carbocycles. The molecule has 2 amide bonds. The van der Waals surface area contributed by atoms with E-state index < -0.39 is 0 Å². The standard InChI is InChI=1S/C14H20N2O5/c1-3-21-13(18)5-8-16(2)12(17)4-7-15-14(19)11-6-9-20-10-11/h6,9-10H,3-5,7-8H2,1-2H3,(H,15,19). The first-order valence-electron chi connectivity index (χ1n) is 6.74. The van der Waals surface area contributed by atoms with Crippen molar-refractivity contribution in [2.75, 3.05) is 26.7 Å². The molecule has 0 fully saturated rings. The minimum atomic E-state index is -0.328. The maximum Gasteiger partial charge on any atom is 0.307 e. The van der Waals surface area contributed by atoms with E-state index in [-0.39, 0.29) is 37.2 Å². The average Bonchev–Trinajstić information content (AvgIpc) is 2.99. The van der Waals surface area contributed by atoms with Crippen molar-refractivity contribution in [1.29, 1.82) is 0 Å². The van der Waals surface area contributed by atoms with E-state index in [2.05, 4.69) is 5.32 Å². The number of esters is 1.